The maximum absolute atomic E-state index is 13.4. The Bertz CT molecular complexity index is 1620. The molecule has 1 fully saturated rings. The predicted octanol–water partition coefficient (Wildman–Crippen LogP) is 4.48. The summed E-state index contributed by atoms with van der Waals surface area (Å²) in [7, 11) is 0. The highest BCUT2D eigenvalue weighted by atomic mass is 32.2. The van der Waals surface area contributed by atoms with E-state index in [-0.39, 0.29) is 27.4 Å². The summed E-state index contributed by atoms with van der Waals surface area (Å²) in [6.07, 6.45) is -4.50. The van der Waals surface area contributed by atoms with Crippen LogP contribution in [0, 0.1) is 10.1 Å². The van der Waals surface area contributed by atoms with Gasteiger partial charge < -0.3 is 24.1 Å². The molecule has 2 heterocycles. The highest BCUT2D eigenvalue weighted by molar-refractivity contribution is 7.99. The van der Waals surface area contributed by atoms with Crippen LogP contribution in [0.5, 0.6) is 0 Å². The average Bonchev–Trinajstić information content (AvgIpc) is 3.08. The number of hydrogen-bond donors (Lipinski definition) is 1. The fourth-order valence-electron chi connectivity index (χ4n) is 4.49. The molecular formula is C32H26N2O10S. The lowest BCUT2D eigenvalue weighted by Gasteiger charge is -2.44. The molecule has 13 heteroatoms. The number of carbonyl (C=O) groups excluding carboxylic acids is 3. The van der Waals surface area contributed by atoms with Crippen LogP contribution < -0.4 is 0 Å². The van der Waals surface area contributed by atoms with Crippen LogP contribution >= 0.6 is 11.8 Å². The SMILES string of the molecule is O=C(O[C@@H]1[C@@H](OC(=O)c2ccccc2)[C@H](Sc2ccc([N+](=O)[O-])cn2)O[C@H](CO)[C@H]1OC(=O)c1ccccc1)c1ccccc1. The summed E-state index contributed by atoms with van der Waals surface area (Å²) in [5.41, 5.74) is -0.875. The summed E-state index contributed by atoms with van der Waals surface area (Å²) in [6.45, 7) is -0.670. The van der Waals surface area contributed by atoms with E-state index in [0.717, 1.165) is 18.0 Å². The molecule has 1 aliphatic heterocycles. The fraction of sp³-hybridized carbons (Fsp3) is 0.188. The number of benzene rings is 3. The van der Waals surface area contributed by atoms with Crippen molar-refractivity contribution in [1.82, 2.24) is 4.98 Å². The number of nitro groups is 1. The molecule has 0 bridgehead atoms. The fourth-order valence-corrected chi connectivity index (χ4v) is 5.53. The van der Waals surface area contributed by atoms with Crippen molar-refractivity contribution in [2.45, 2.75) is 34.9 Å². The molecule has 5 atom stereocenters. The van der Waals surface area contributed by atoms with E-state index in [1.807, 2.05) is 0 Å². The number of ether oxygens (including phenoxy) is 4. The van der Waals surface area contributed by atoms with Gasteiger partial charge in [0.05, 0.1) is 33.2 Å². The summed E-state index contributed by atoms with van der Waals surface area (Å²) in [5, 5.41) is 21.8. The van der Waals surface area contributed by atoms with E-state index in [1.165, 1.54) is 48.5 Å². The van der Waals surface area contributed by atoms with Gasteiger partial charge in [-0.15, -0.1) is 0 Å². The first-order chi connectivity index (χ1) is 21.8. The third-order valence-corrected chi connectivity index (χ3v) is 7.79. The number of aliphatic hydroxyl groups excluding tert-OH is 1. The Balaban J connectivity index is 1.54. The van der Waals surface area contributed by atoms with Crippen molar-refractivity contribution in [1.29, 1.82) is 0 Å². The van der Waals surface area contributed by atoms with Crippen LogP contribution in [0.4, 0.5) is 5.69 Å². The molecule has 230 valence electrons. The van der Waals surface area contributed by atoms with Crippen LogP contribution in [0.1, 0.15) is 31.1 Å². The molecule has 0 spiro atoms. The number of aromatic nitrogens is 1. The Morgan fingerprint density at radius 2 is 1.20 bits per heavy atom. The summed E-state index contributed by atoms with van der Waals surface area (Å²) >= 11 is 0.917. The summed E-state index contributed by atoms with van der Waals surface area (Å²) in [6, 6.07) is 26.7. The van der Waals surface area contributed by atoms with Gasteiger partial charge in [0.25, 0.3) is 5.69 Å². The van der Waals surface area contributed by atoms with Gasteiger partial charge in [-0.1, -0.05) is 66.4 Å². The van der Waals surface area contributed by atoms with Gasteiger partial charge in [0, 0.05) is 6.07 Å². The van der Waals surface area contributed by atoms with Crippen molar-refractivity contribution in [3.63, 3.8) is 0 Å². The van der Waals surface area contributed by atoms with Gasteiger partial charge in [0.15, 0.2) is 23.7 Å². The van der Waals surface area contributed by atoms with E-state index in [1.54, 1.807) is 54.6 Å². The van der Waals surface area contributed by atoms with Crippen molar-refractivity contribution in [3.05, 3.63) is 136 Å². The summed E-state index contributed by atoms with van der Waals surface area (Å²) < 4.78 is 23.8. The maximum atomic E-state index is 13.4. The molecule has 0 saturated carbocycles. The first-order valence-electron chi connectivity index (χ1n) is 13.7. The van der Waals surface area contributed by atoms with Crippen LogP contribution in [0.2, 0.25) is 0 Å². The molecule has 1 aromatic heterocycles. The molecule has 0 radical (unpaired) electrons. The second kappa shape index (κ2) is 14.6. The number of aliphatic hydroxyl groups is 1. The third-order valence-electron chi connectivity index (χ3n) is 6.70. The minimum atomic E-state index is -1.47. The Kier molecular flexibility index (Phi) is 10.1. The largest absolute Gasteiger partial charge is 0.452 e. The monoisotopic (exact) mass is 630 g/mol. The normalized spacial score (nSPS) is 20.9. The number of nitrogens with zero attached hydrogens (tertiary/aromatic N) is 2. The van der Waals surface area contributed by atoms with E-state index in [4.69, 9.17) is 18.9 Å². The molecular weight excluding hydrogens is 604 g/mol. The number of esters is 3. The number of rotatable bonds is 10. The number of pyridine rings is 1. The lowest BCUT2D eigenvalue weighted by molar-refractivity contribution is -0.385. The molecule has 45 heavy (non-hydrogen) atoms. The molecule has 5 rings (SSSR count). The van der Waals surface area contributed by atoms with Gasteiger partial charge in [-0.3, -0.25) is 10.1 Å². The maximum Gasteiger partial charge on any atom is 0.338 e. The van der Waals surface area contributed by atoms with Gasteiger partial charge in [-0.05, 0) is 42.5 Å². The molecule has 12 nitrogen and oxygen atoms in total. The lowest BCUT2D eigenvalue weighted by atomic mass is 9.98. The minimum Gasteiger partial charge on any atom is -0.452 e. The zero-order valence-electron chi connectivity index (χ0n) is 23.4. The van der Waals surface area contributed by atoms with E-state index < -0.39 is 59.3 Å². The summed E-state index contributed by atoms with van der Waals surface area (Å²) in [4.78, 5) is 54.6. The van der Waals surface area contributed by atoms with Gasteiger partial charge in [0.1, 0.15) is 12.3 Å². The Morgan fingerprint density at radius 1 is 0.733 bits per heavy atom. The molecule has 0 amide bonds. The first kappa shape index (κ1) is 31.3. The zero-order valence-corrected chi connectivity index (χ0v) is 24.2. The minimum absolute atomic E-state index is 0.173. The van der Waals surface area contributed by atoms with Gasteiger partial charge >= 0.3 is 17.9 Å². The summed E-state index contributed by atoms with van der Waals surface area (Å²) in [5.74, 6) is -2.39. The molecule has 1 saturated heterocycles. The van der Waals surface area contributed by atoms with Gasteiger partial charge in [0.2, 0.25) is 0 Å². The van der Waals surface area contributed by atoms with Crippen LogP contribution in [-0.2, 0) is 18.9 Å². The second-order valence-corrected chi connectivity index (χ2v) is 10.8. The standard InChI is InChI=1S/C32H26N2O10S/c35-19-24-26(42-29(36)20-10-4-1-5-11-20)27(43-30(37)21-12-6-2-7-13-21)28(44-31(38)22-14-8-3-9-15-22)32(41-24)45-25-17-16-23(18-33-25)34(39)40/h1-18,24,26-28,32,35H,19H2/t24-,26-,27+,28-,32+/m1/s1. The van der Waals surface area contributed by atoms with Crippen molar-refractivity contribution in [2.24, 2.45) is 0 Å². The Labute approximate surface area is 261 Å². The molecule has 3 aromatic carbocycles. The van der Waals surface area contributed by atoms with Crippen molar-refractivity contribution in [2.75, 3.05) is 6.61 Å². The number of thioether (sulfide) groups is 1. The number of hydrogen-bond acceptors (Lipinski definition) is 12. The van der Waals surface area contributed by atoms with E-state index in [9.17, 15) is 29.6 Å². The van der Waals surface area contributed by atoms with E-state index in [0.29, 0.717) is 0 Å². The predicted molar refractivity (Wildman–Crippen MR) is 159 cm³/mol. The van der Waals surface area contributed by atoms with E-state index >= 15 is 0 Å². The third kappa shape index (κ3) is 7.70. The van der Waals surface area contributed by atoms with Crippen LogP contribution in [0.3, 0.4) is 0 Å². The topological polar surface area (TPSA) is 164 Å². The average molecular weight is 631 g/mol. The van der Waals surface area contributed by atoms with Crippen LogP contribution in [-0.4, -0.2) is 69.4 Å². The molecule has 1 aliphatic rings. The quantitative estimate of drug-likeness (QED) is 0.113. The van der Waals surface area contributed by atoms with Crippen molar-refractivity contribution in [3.8, 4) is 0 Å². The molecule has 0 unspecified atom stereocenters. The zero-order chi connectivity index (χ0) is 31.8. The van der Waals surface area contributed by atoms with Crippen LogP contribution in [0.15, 0.2) is 114 Å². The first-order valence-corrected chi connectivity index (χ1v) is 14.5. The molecule has 4 aromatic rings. The van der Waals surface area contributed by atoms with Gasteiger partial charge in [-0.2, -0.15) is 0 Å². The van der Waals surface area contributed by atoms with Crippen molar-refractivity contribution < 1.29 is 43.4 Å². The molecule has 1 N–H and O–H groups in total. The van der Waals surface area contributed by atoms with Crippen LogP contribution in [0.25, 0.3) is 0 Å². The Morgan fingerprint density at radius 3 is 1.62 bits per heavy atom. The highest BCUT2D eigenvalue weighted by Gasteiger charge is 2.53. The Hall–Kier alpha value is -5.11. The highest BCUT2D eigenvalue weighted by Crippen LogP contribution is 2.38. The molecule has 0 aliphatic carbocycles. The van der Waals surface area contributed by atoms with E-state index in [2.05, 4.69) is 4.98 Å². The van der Waals surface area contributed by atoms with Gasteiger partial charge in [-0.25, -0.2) is 19.4 Å². The van der Waals surface area contributed by atoms with Crippen molar-refractivity contribution >= 4 is 35.4 Å². The second-order valence-electron chi connectivity index (χ2n) is 9.66. The smallest absolute Gasteiger partial charge is 0.338 e. The lowest BCUT2D eigenvalue weighted by Crippen LogP contribution is -2.61. The number of carbonyl (C=O) groups is 3.